The summed E-state index contributed by atoms with van der Waals surface area (Å²) in [5, 5.41) is 12.4. The van der Waals surface area contributed by atoms with Crippen LogP contribution in [0.5, 0.6) is 0 Å². The second kappa shape index (κ2) is 9.04. The molecule has 3 N–H and O–H groups in total. The zero-order valence-corrected chi connectivity index (χ0v) is 11.4. The summed E-state index contributed by atoms with van der Waals surface area (Å²) in [5.74, 6) is 1.19. The Morgan fingerprint density at radius 3 is 2.41 bits per heavy atom. The predicted octanol–water partition coefficient (Wildman–Crippen LogP) is 0.790. The maximum Gasteiger partial charge on any atom is 0.233 e. The van der Waals surface area contributed by atoms with Gasteiger partial charge in [0.2, 0.25) is 5.91 Å². The molecule has 0 fully saturated rings. The van der Waals surface area contributed by atoms with Crippen molar-refractivity contribution in [2.75, 3.05) is 19.8 Å². The van der Waals surface area contributed by atoms with Crippen molar-refractivity contribution in [3.63, 3.8) is 0 Å². The molecule has 5 nitrogen and oxygen atoms in total. The highest BCUT2D eigenvalue weighted by molar-refractivity contribution is 8.00. The zero-order valence-electron chi connectivity index (χ0n) is 10.6. The monoisotopic (exact) mass is 259 g/mol. The highest BCUT2D eigenvalue weighted by atomic mass is 32.2. The van der Waals surface area contributed by atoms with Crippen LogP contribution >= 0.6 is 11.8 Å². The summed E-state index contributed by atoms with van der Waals surface area (Å²) in [7, 11) is 3.30. The number of hydrogen-bond acceptors (Lipinski definition) is 4. The molecule has 0 rings (SSSR count). The molecule has 98 valence electrons. The van der Waals surface area contributed by atoms with Gasteiger partial charge in [-0.15, -0.1) is 11.8 Å². The number of Topliss-reactive ketones (excluding diaryl/α,β-unsaturated/α-hetero) is 1. The second-order valence-electron chi connectivity index (χ2n) is 3.71. The van der Waals surface area contributed by atoms with Crippen LogP contribution in [0.15, 0.2) is 0 Å². The average Bonchev–Trinajstić information content (AvgIpc) is 2.31. The van der Waals surface area contributed by atoms with Gasteiger partial charge in [0.1, 0.15) is 5.78 Å². The number of amidine groups is 1. The van der Waals surface area contributed by atoms with Gasteiger partial charge >= 0.3 is 0 Å². The molecular weight excluding hydrogens is 238 g/mol. The van der Waals surface area contributed by atoms with Gasteiger partial charge in [-0.3, -0.25) is 15.0 Å². The molecule has 1 unspecified atom stereocenters. The van der Waals surface area contributed by atoms with E-state index in [4.69, 9.17) is 5.41 Å². The van der Waals surface area contributed by atoms with Crippen molar-refractivity contribution in [1.29, 1.82) is 5.41 Å². The van der Waals surface area contributed by atoms with E-state index in [-0.39, 0.29) is 23.4 Å². The maximum atomic E-state index is 11.5. The molecule has 6 heteroatoms. The number of ketones is 1. The SMILES string of the molecule is CNC(=N)CCCSC(CC(C)=O)C(=O)NC. The van der Waals surface area contributed by atoms with Crippen molar-refractivity contribution in [3.8, 4) is 0 Å². The number of nitrogens with one attached hydrogen (secondary N) is 3. The Labute approximate surface area is 107 Å². The molecule has 0 spiro atoms. The molecule has 0 saturated carbocycles. The van der Waals surface area contributed by atoms with Crippen molar-refractivity contribution in [2.45, 2.75) is 31.4 Å². The van der Waals surface area contributed by atoms with E-state index in [2.05, 4.69) is 10.6 Å². The molecule has 0 aliphatic rings. The Morgan fingerprint density at radius 1 is 1.29 bits per heavy atom. The van der Waals surface area contributed by atoms with Crippen LogP contribution in [0.2, 0.25) is 0 Å². The first kappa shape index (κ1) is 16.0. The van der Waals surface area contributed by atoms with E-state index in [9.17, 15) is 9.59 Å². The van der Waals surface area contributed by atoms with Crippen LogP contribution in [0.25, 0.3) is 0 Å². The molecule has 17 heavy (non-hydrogen) atoms. The fourth-order valence-corrected chi connectivity index (χ4v) is 2.47. The average molecular weight is 259 g/mol. The fraction of sp³-hybridized carbons (Fsp3) is 0.727. The molecular formula is C11H21N3O2S. The number of hydrogen-bond donors (Lipinski definition) is 3. The molecule has 0 bridgehead atoms. The Hall–Kier alpha value is -1.04. The molecule has 0 aromatic heterocycles. The summed E-state index contributed by atoms with van der Waals surface area (Å²) in [6.07, 6.45) is 1.77. The van der Waals surface area contributed by atoms with Gasteiger partial charge in [0.05, 0.1) is 11.1 Å². The van der Waals surface area contributed by atoms with Gasteiger partial charge < -0.3 is 10.6 Å². The van der Waals surface area contributed by atoms with Crippen molar-refractivity contribution in [2.24, 2.45) is 0 Å². The Bertz CT molecular complexity index is 282. The summed E-state index contributed by atoms with van der Waals surface area (Å²) < 4.78 is 0. The number of carbonyl (C=O) groups is 2. The molecule has 1 amide bonds. The van der Waals surface area contributed by atoms with Crippen molar-refractivity contribution < 1.29 is 9.59 Å². The molecule has 0 aromatic rings. The van der Waals surface area contributed by atoms with E-state index in [0.717, 1.165) is 12.2 Å². The summed E-state index contributed by atoms with van der Waals surface area (Å²) in [5.41, 5.74) is 0. The third-order valence-corrected chi connectivity index (χ3v) is 3.51. The first-order valence-corrected chi connectivity index (χ1v) is 6.64. The van der Waals surface area contributed by atoms with Gasteiger partial charge in [-0.05, 0) is 19.1 Å². The molecule has 0 heterocycles. The Kier molecular flexibility index (Phi) is 8.49. The van der Waals surface area contributed by atoms with E-state index in [1.165, 1.54) is 18.7 Å². The second-order valence-corrected chi connectivity index (χ2v) is 5.02. The quantitative estimate of drug-likeness (QED) is 0.342. The zero-order chi connectivity index (χ0) is 13.3. The van der Waals surface area contributed by atoms with E-state index in [0.29, 0.717) is 12.3 Å². The number of rotatable bonds is 8. The van der Waals surface area contributed by atoms with Crippen molar-refractivity contribution in [3.05, 3.63) is 0 Å². The lowest BCUT2D eigenvalue weighted by Gasteiger charge is -2.13. The molecule has 0 aromatic carbocycles. The lowest BCUT2D eigenvalue weighted by molar-refractivity contribution is -0.123. The smallest absolute Gasteiger partial charge is 0.233 e. The number of thioether (sulfide) groups is 1. The normalized spacial score (nSPS) is 11.7. The van der Waals surface area contributed by atoms with Gasteiger partial charge in [0.25, 0.3) is 0 Å². The molecule has 1 atom stereocenters. The van der Waals surface area contributed by atoms with Crippen molar-refractivity contribution >= 4 is 29.3 Å². The molecule has 0 aliphatic heterocycles. The van der Waals surface area contributed by atoms with Crippen LogP contribution in [0.3, 0.4) is 0 Å². The highest BCUT2D eigenvalue weighted by Gasteiger charge is 2.19. The lowest BCUT2D eigenvalue weighted by Crippen LogP contribution is -2.31. The maximum absolute atomic E-state index is 11.5. The highest BCUT2D eigenvalue weighted by Crippen LogP contribution is 2.17. The largest absolute Gasteiger partial charge is 0.377 e. The van der Waals surface area contributed by atoms with E-state index < -0.39 is 0 Å². The minimum atomic E-state index is -0.304. The van der Waals surface area contributed by atoms with Gasteiger partial charge in [0.15, 0.2) is 0 Å². The predicted molar refractivity (Wildman–Crippen MR) is 71.6 cm³/mol. The summed E-state index contributed by atoms with van der Waals surface area (Å²) in [6.45, 7) is 1.49. The van der Waals surface area contributed by atoms with Crippen LogP contribution in [-0.2, 0) is 9.59 Å². The Balaban J connectivity index is 3.95. The standard InChI is InChI=1S/C11H21N3O2S/c1-8(15)7-9(11(16)14-3)17-6-4-5-10(12)13-2/h9H,4-7H2,1-3H3,(H2,12,13)(H,14,16). The van der Waals surface area contributed by atoms with Crippen LogP contribution in [-0.4, -0.2) is 42.6 Å². The van der Waals surface area contributed by atoms with Gasteiger partial charge in [-0.1, -0.05) is 0 Å². The van der Waals surface area contributed by atoms with Gasteiger partial charge in [-0.2, -0.15) is 0 Å². The number of amides is 1. The molecule has 0 saturated heterocycles. The van der Waals surface area contributed by atoms with Crippen LogP contribution in [0.4, 0.5) is 0 Å². The third kappa shape index (κ3) is 7.79. The van der Waals surface area contributed by atoms with Gasteiger partial charge in [0, 0.05) is 26.9 Å². The van der Waals surface area contributed by atoms with Gasteiger partial charge in [-0.25, -0.2) is 0 Å². The first-order chi connectivity index (χ1) is 8.01. The van der Waals surface area contributed by atoms with Crippen LogP contribution in [0.1, 0.15) is 26.2 Å². The van der Waals surface area contributed by atoms with Crippen LogP contribution < -0.4 is 10.6 Å². The van der Waals surface area contributed by atoms with E-state index >= 15 is 0 Å². The van der Waals surface area contributed by atoms with E-state index in [1.807, 2.05) is 0 Å². The van der Waals surface area contributed by atoms with Crippen molar-refractivity contribution in [1.82, 2.24) is 10.6 Å². The molecule has 0 aliphatic carbocycles. The minimum absolute atomic E-state index is 0.0223. The minimum Gasteiger partial charge on any atom is -0.377 e. The third-order valence-electron chi connectivity index (χ3n) is 2.20. The summed E-state index contributed by atoms with van der Waals surface area (Å²) >= 11 is 1.48. The van der Waals surface area contributed by atoms with Crippen LogP contribution in [0, 0.1) is 5.41 Å². The number of carbonyl (C=O) groups excluding carboxylic acids is 2. The van der Waals surface area contributed by atoms with E-state index in [1.54, 1.807) is 14.1 Å². The fourth-order valence-electron chi connectivity index (χ4n) is 1.25. The topological polar surface area (TPSA) is 82.1 Å². The molecule has 0 radical (unpaired) electrons. The first-order valence-electron chi connectivity index (χ1n) is 5.59. The Morgan fingerprint density at radius 2 is 1.94 bits per heavy atom. The summed E-state index contributed by atoms with van der Waals surface area (Å²) in [6, 6.07) is 0. The lowest BCUT2D eigenvalue weighted by atomic mass is 10.2. The summed E-state index contributed by atoms with van der Waals surface area (Å²) in [4.78, 5) is 22.5.